The number of fused-ring (bicyclic) bond motifs is 2. The van der Waals surface area contributed by atoms with E-state index in [0.717, 1.165) is 19.3 Å². The summed E-state index contributed by atoms with van der Waals surface area (Å²) in [6, 6.07) is 0. The third-order valence-corrected chi connectivity index (χ3v) is 5.54. The Morgan fingerprint density at radius 3 is 2.76 bits per heavy atom. The second-order valence-corrected chi connectivity index (χ2v) is 7.66. The molecule has 0 aliphatic heterocycles. The monoisotopic (exact) mass is 296 g/mol. The van der Waals surface area contributed by atoms with Crippen LogP contribution in [0.2, 0.25) is 0 Å². The molecule has 2 aliphatic carbocycles. The Morgan fingerprint density at radius 2 is 2.19 bits per heavy atom. The number of hydrogen-bond acceptors (Lipinski definition) is 4. The summed E-state index contributed by atoms with van der Waals surface area (Å²) >= 11 is 0. The van der Waals surface area contributed by atoms with Gasteiger partial charge in [-0.2, -0.15) is 0 Å². The fourth-order valence-corrected chi connectivity index (χ4v) is 4.34. The minimum atomic E-state index is -0.686. The molecule has 0 heterocycles. The molecule has 0 saturated heterocycles. The van der Waals surface area contributed by atoms with Crippen LogP contribution in [0.5, 0.6) is 0 Å². The Bertz CT molecular complexity index is 437. The maximum atomic E-state index is 10.5. The van der Waals surface area contributed by atoms with Crippen molar-refractivity contribution in [2.24, 2.45) is 28.4 Å². The van der Waals surface area contributed by atoms with Crippen molar-refractivity contribution in [2.45, 2.75) is 52.9 Å². The predicted molar refractivity (Wildman–Crippen MR) is 82.0 cm³/mol. The summed E-state index contributed by atoms with van der Waals surface area (Å²) in [4.78, 5) is 15.2. The summed E-state index contributed by atoms with van der Waals surface area (Å²) in [5, 5.41) is 9.85. The van der Waals surface area contributed by atoms with Crippen LogP contribution >= 0.6 is 0 Å². The van der Waals surface area contributed by atoms with Crippen LogP contribution in [0, 0.1) is 32.8 Å². The first kappa shape index (κ1) is 16.3. The first-order valence-electron chi connectivity index (χ1n) is 7.97. The van der Waals surface area contributed by atoms with Crippen LogP contribution < -0.4 is 5.73 Å². The zero-order valence-electron chi connectivity index (χ0n) is 13.4. The van der Waals surface area contributed by atoms with Gasteiger partial charge in [0.2, 0.25) is 0 Å². The van der Waals surface area contributed by atoms with Gasteiger partial charge in [0.1, 0.15) is 6.61 Å². The van der Waals surface area contributed by atoms with Gasteiger partial charge < -0.3 is 10.6 Å². The third-order valence-electron chi connectivity index (χ3n) is 5.54. The molecule has 2 aliphatic rings. The molecule has 1 fully saturated rings. The summed E-state index contributed by atoms with van der Waals surface area (Å²) in [7, 11) is 0. The molecule has 0 aromatic heterocycles. The second-order valence-electron chi connectivity index (χ2n) is 7.66. The minimum absolute atomic E-state index is 0.134. The molecule has 0 aromatic rings. The van der Waals surface area contributed by atoms with E-state index in [1.807, 2.05) is 0 Å². The van der Waals surface area contributed by atoms with Crippen molar-refractivity contribution in [1.82, 2.24) is 0 Å². The van der Waals surface area contributed by atoms with Gasteiger partial charge in [-0.15, -0.1) is 10.1 Å². The molecule has 4 unspecified atom stereocenters. The first-order valence-corrected chi connectivity index (χ1v) is 7.97. The van der Waals surface area contributed by atoms with Crippen molar-refractivity contribution in [3.8, 4) is 0 Å². The molecule has 5 nitrogen and oxygen atoms in total. The molecule has 0 radical (unpaired) electrons. The lowest BCUT2D eigenvalue weighted by Crippen LogP contribution is -2.34. The number of rotatable bonds is 5. The lowest BCUT2D eigenvalue weighted by molar-refractivity contribution is -0.760. The Labute approximate surface area is 127 Å². The molecule has 2 rings (SSSR count). The summed E-state index contributed by atoms with van der Waals surface area (Å²) < 4.78 is 0. The largest absolute Gasteiger partial charge is 0.330 e. The van der Waals surface area contributed by atoms with Gasteiger partial charge >= 0.3 is 0 Å². The van der Waals surface area contributed by atoms with E-state index in [-0.39, 0.29) is 12.0 Å². The molecule has 5 heteroatoms. The maximum Gasteiger partial charge on any atom is 0.294 e. The van der Waals surface area contributed by atoms with Crippen molar-refractivity contribution in [1.29, 1.82) is 0 Å². The van der Waals surface area contributed by atoms with Crippen LogP contribution in [0.15, 0.2) is 11.6 Å². The zero-order valence-corrected chi connectivity index (χ0v) is 13.4. The highest BCUT2D eigenvalue weighted by molar-refractivity contribution is 5.18. The van der Waals surface area contributed by atoms with Gasteiger partial charge in [0, 0.05) is 5.41 Å². The summed E-state index contributed by atoms with van der Waals surface area (Å²) in [6.07, 6.45) is 7.73. The smallest absolute Gasteiger partial charge is 0.294 e. The number of nitrogens with zero attached hydrogens (tertiary/aromatic N) is 1. The molecule has 2 bridgehead atoms. The molecule has 0 spiro atoms. The quantitative estimate of drug-likeness (QED) is 0.479. The predicted octanol–water partition coefficient (Wildman–Crippen LogP) is 3.32. The fourth-order valence-electron chi connectivity index (χ4n) is 4.34. The molecular weight excluding hydrogens is 268 g/mol. The van der Waals surface area contributed by atoms with Gasteiger partial charge in [0.25, 0.3) is 5.09 Å². The van der Waals surface area contributed by atoms with E-state index in [9.17, 15) is 10.1 Å². The number of allylic oxidation sites excluding steroid dienone is 1. The maximum absolute atomic E-state index is 10.5. The molecule has 4 atom stereocenters. The summed E-state index contributed by atoms with van der Waals surface area (Å²) in [5.74, 6) is 1.03. The van der Waals surface area contributed by atoms with E-state index in [4.69, 9.17) is 10.6 Å². The van der Waals surface area contributed by atoms with Crippen LogP contribution in [0.25, 0.3) is 0 Å². The second kappa shape index (κ2) is 5.95. The van der Waals surface area contributed by atoms with Crippen LogP contribution in [-0.4, -0.2) is 18.2 Å². The van der Waals surface area contributed by atoms with Crippen molar-refractivity contribution in [2.75, 3.05) is 13.2 Å². The summed E-state index contributed by atoms with van der Waals surface area (Å²) in [6.45, 7) is 7.46. The molecule has 120 valence electrons. The van der Waals surface area contributed by atoms with E-state index < -0.39 is 5.09 Å². The Kier molecular flexibility index (Phi) is 4.61. The van der Waals surface area contributed by atoms with Crippen molar-refractivity contribution in [3.05, 3.63) is 21.8 Å². The van der Waals surface area contributed by atoms with Crippen LogP contribution in [-0.2, 0) is 4.84 Å². The molecule has 2 N–H and O–H groups in total. The first-order chi connectivity index (χ1) is 9.79. The van der Waals surface area contributed by atoms with Crippen LogP contribution in [0.3, 0.4) is 0 Å². The van der Waals surface area contributed by atoms with E-state index >= 15 is 0 Å². The Balaban J connectivity index is 2.26. The third kappa shape index (κ3) is 3.76. The van der Waals surface area contributed by atoms with Crippen LogP contribution in [0.1, 0.15) is 52.9 Å². The standard InChI is InChI=1S/C16H28N2O3/c1-4-15(2)6-12-5-13(8-15)14(10-17)9-16(3,7-12)11-21-18(19)20/h7,13-14H,4-6,8-11,17H2,1-3H3. The highest BCUT2D eigenvalue weighted by atomic mass is 16.9. The van der Waals surface area contributed by atoms with Gasteiger partial charge in [-0.05, 0) is 49.5 Å². The van der Waals surface area contributed by atoms with Gasteiger partial charge in [0.15, 0.2) is 0 Å². The lowest BCUT2D eigenvalue weighted by atomic mass is 9.65. The summed E-state index contributed by atoms with van der Waals surface area (Å²) in [5.41, 5.74) is 7.53. The topological polar surface area (TPSA) is 78.4 Å². The van der Waals surface area contributed by atoms with Gasteiger partial charge in [0.05, 0.1) is 0 Å². The highest BCUT2D eigenvalue weighted by Gasteiger charge is 2.42. The Hall–Kier alpha value is -1.10. The van der Waals surface area contributed by atoms with E-state index in [1.165, 1.54) is 18.4 Å². The minimum Gasteiger partial charge on any atom is -0.330 e. The normalized spacial score (nSPS) is 39.3. The zero-order chi connectivity index (χ0) is 15.7. The van der Waals surface area contributed by atoms with E-state index in [1.54, 1.807) is 0 Å². The lowest BCUT2D eigenvalue weighted by Gasteiger charge is -2.41. The van der Waals surface area contributed by atoms with Crippen molar-refractivity contribution < 1.29 is 9.92 Å². The Morgan fingerprint density at radius 1 is 1.48 bits per heavy atom. The average molecular weight is 296 g/mol. The fraction of sp³-hybridized carbons (Fsp3) is 0.875. The number of hydrogen-bond donors (Lipinski definition) is 1. The van der Waals surface area contributed by atoms with E-state index in [0.29, 0.717) is 23.8 Å². The molecule has 21 heavy (non-hydrogen) atoms. The van der Waals surface area contributed by atoms with Crippen molar-refractivity contribution in [3.63, 3.8) is 0 Å². The van der Waals surface area contributed by atoms with Crippen molar-refractivity contribution >= 4 is 0 Å². The van der Waals surface area contributed by atoms with Crippen LogP contribution in [0.4, 0.5) is 0 Å². The molecule has 0 amide bonds. The molecule has 0 aromatic carbocycles. The molecule has 1 saturated carbocycles. The average Bonchev–Trinajstić information content (AvgIpc) is 2.51. The van der Waals surface area contributed by atoms with E-state index in [2.05, 4.69) is 26.8 Å². The van der Waals surface area contributed by atoms with Gasteiger partial charge in [-0.3, -0.25) is 0 Å². The highest BCUT2D eigenvalue weighted by Crippen LogP contribution is 2.51. The number of nitrogens with two attached hydrogens (primary N) is 1. The van der Waals surface area contributed by atoms with Gasteiger partial charge in [-0.25, -0.2) is 0 Å². The van der Waals surface area contributed by atoms with Gasteiger partial charge in [-0.1, -0.05) is 38.8 Å². The molecular formula is C16H28N2O3. The SMILES string of the molecule is CCC1(C)CC2=CC(C)(CO[N+](=O)[O-])CC(CN)C(C2)C1.